The zero-order valence-electron chi connectivity index (χ0n) is 7.92. The predicted octanol–water partition coefficient (Wildman–Crippen LogP) is 3.69. The highest BCUT2D eigenvalue weighted by Crippen LogP contribution is 2.09. The predicted molar refractivity (Wildman–Crippen MR) is 51.3 cm³/mol. The van der Waals surface area contributed by atoms with E-state index in [4.69, 9.17) is 10.2 Å². The molecule has 2 heteroatoms. The van der Waals surface area contributed by atoms with E-state index in [1.54, 1.807) is 0 Å². The van der Waals surface area contributed by atoms with Crippen LogP contribution < -0.4 is 0 Å². The average molecular weight is 172 g/mol. The third-order valence-corrected chi connectivity index (χ3v) is 1.94. The summed E-state index contributed by atoms with van der Waals surface area (Å²) in [6, 6.07) is 0. The third-order valence-electron chi connectivity index (χ3n) is 1.94. The molecular weight excluding hydrogens is 152 g/mol. The van der Waals surface area contributed by atoms with Crippen molar-refractivity contribution in [2.75, 3.05) is 0 Å². The van der Waals surface area contributed by atoms with Crippen molar-refractivity contribution in [2.24, 2.45) is 0 Å². The van der Waals surface area contributed by atoms with Gasteiger partial charge >= 0.3 is 0 Å². The molecule has 0 amide bonds. The Bertz CT molecular complexity index is 119. The Hall–Kier alpha value is -0.660. The molecule has 0 saturated heterocycles. The fourth-order valence-corrected chi connectivity index (χ4v) is 1.15. The van der Waals surface area contributed by atoms with Crippen molar-refractivity contribution in [1.82, 2.24) is 0 Å². The van der Waals surface area contributed by atoms with Crippen LogP contribution in [0.25, 0.3) is 0 Å². The summed E-state index contributed by atoms with van der Waals surface area (Å²) in [4.78, 5) is 0. The number of aliphatic hydroxyl groups is 2. The number of unbranched alkanes of at least 4 members (excludes halogenated alkanes) is 5. The normalized spacial score (nSPS) is 11.9. The molecule has 0 aliphatic heterocycles. The molecule has 0 aromatic rings. The molecule has 2 nitrogen and oxygen atoms in total. The number of hydrogen-bond donors (Lipinski definition) is 2. The third kappa shape index (κ3) is 7.45. The Morgan fingerprint density at radius 3 is 2.25 bits per heavy atom. The van der Waals surface area contributed by atoms with Gasteiger partial charge in [0, 0.05) is 6.42 Å². The molecule has 0 saturated carbocycles. The van der Waals surface area contributed by atoms with Gasteiger partial charge in [0.25, 0.3) is 0 Å². The quantitative estimate of drug-likeness (QED) is 0.454. The van der Waals surface area contributed by atoms with Gasteiger partial charge in [0.1, 0.15) is 12.0 Å². The molecule has 0 aromatic carbocycles. The van der Waals surface area contributed by atoms with Crippen LogP contribution in [0.15, 0.2) is 12.0 Å². The van der Waals surface area contributed by atoms with Crippen LogP contribution in [-0.2, 0) is 0 Å². The Labute approximate surface area is 74.9 Å². The first kappa shape index (κ1) is 11.3. The van der Waals surface area contributed by atoms with Crippen molar-refractivity contribution in [3.63, 3.8) is 0 Å². The standard InChI is InChI=1S/C10H20O2/c1-2-3-4-5-6-7-8-10(12)9-11/h9,11-12H,2-8H2,1H3/b10-9-. The van der Waals surface area contributed by atoms with Crippen molar-refractivity contribution in [2.45, 2.75) is 51.9 Å². The summed E-state index contributed by atoms with van der Waals surface area (Å²) in [7, 11) is 0. The number of hydrogen-bond acceptors (Lipinski definition) is 2. The molecule has 0 unspecified atom stereocenters. The Balaban J connectivity index is 3.00. The van der Waals surface area contributed by atoms with E-state index in [9.17, 15) is 0 Å². The van der Waals surface area contributed by atoms with Crippen LogP contribution in [0.4, 0.5) is 0 Å². The van der Waals surface area contributed by atoms with Crippen molar-refractivity contribution in [1.29, 1.82) is 0 Å². The summed E-state index contributed by atoms with van der Waals surface area (Å²) in [6.45, 7) is 2.19. The summed E-state index contributed by atoms with van der Waals surface area (Å²) in [6.07, 6.45) is 8.63. The number of rotatable bonds is 7. The Morgan fingerprint density at radius 1 is 1.08 bits per heavy atom. The van der Waals surface area contributed by atoms with Crippen LogP contribution >= 0.6 is 0 Å². The average Bonchev–Trinajstić information content (AvgIpc) is 2.10. The van der Waals surface area contributed by atoms with Gasteiger partial charge in [-0.25, -0.2) is 0 Å². The van der Waals surface area contributed by atoms with Gasteiger partial charge < -0.3 is 10.2 Å². The van der Waals surface area contributed by atoms with Gasteiger partial charge in [-0.05, 0) is 6.42 Å². The largest absolute Gasteiger partial charge is 0.512 e. The maximum Gasteiger partial charge on any atom is 0.126 e. The van der Waals surface area contributed by atoms with E-state index < -0.39 is 0 Å². The van der Waals surface area contributed by atoms with E-state index in [1.165, 1.54) is 25.7 Å². The molecule has 0 spiro atoms. The van der Waals surface area contributed by atoms with Crippen molar-refractivity contribution in [3.8, 4) is 0 Å². The van der Waals surface area contributed by atoms with Gasteiger partial charge in [0.15, 0.2) is 0 Å². The minimum absolute atomic E-state index is 0.102. The van der Waals surface area contributed by atoms with Crippen LogP contribution in [0.5, 0.6) is 0 Å². The molecule has 0 radical (unpaired) electrons. The molecule has 12 heavy (non-hydrogen) atoms. The fraction of sp³-hybridized carbons (Fsp3) is 0.800. The second kappa shape index (κ2) is 8.44. The number of allylic oxidation sites excluding steroid dienone is 1. The van der Waals surface area contributed by atoms with Crippen LogP contribution in [0.1, 0.15) is 51.9 Å². The van der Waals surface area contributed by atoms with E-state index in [0.717, 1.165) is 19.1 Å². The molecule has 0 atom stereocenters. The second-order valence-electron chi connectivity index (χ2n) is 3.14. The molecule has 2 N–H and O–H groups in total. The summed E-state index contributed by atoms with van der Waals surface area (Å²) >= 11 is 0. The Morgan fingerprint density at radius 2 is 1.67 bits per heavy atom. The first-order valence-electron chi connectivity index (χ1n) is 4.83. The van der Waals surface area contributed by atoms with E-state index in [2.05, 4.69) is 6.92 Å². The molecule has 0 heterocycles. The maximum absolute atomic E-state index is 8.87. The molecule has 0 aromatic heterocycles. The van der Waals surface area contributed by atoms with Crippen LogP contribution in [0.2, 0.25) is 0 Å². The summed E-state index contributed by atoms with van der Waals surface area (Å²) in [5.41, 5.74) is 0. The molecule has 0 fully saturated rings. The van der Waals surface area contributed by atoms with Crippen LogP contribution in [0, 0.1) is 0 Å². The van der Waals surface area contributed by atoms with E-state index in [0.29, 0.717) is 6.42 Å². The first-order chi connectivity index (χ1) is 5.81. The summed E-state index contributed by atoms with van der Waals surface area (Å²) in [5.74, 6) is 0.102. The molecule has 72 valence electrons. The van der Waals surface area contributed by atoms with Crippen LogP contribution in [-0.4, -0.2) is 10.2 Å². The summed E-state index contributed by atoms with van der Waals surface area (Å²) in [5, 5.41) is 17.2. The van der Waals surface area contributed by atoms with Crippen molar-refractivity contribution < 1.29 is 10.2 Å². The van der Waals surface area contributed by atoms with Crippen LogP contribution in [0.3, 0.4) is 0 Å². The molecule has 0 rings (SSSR count). The number of aliphatic hydroxyl groups excluding tert-OH is 2. The van der Waals surface area contributed by atoms with Gasteiger partial charge in [-0.3, -0.25) is 0 Å². The second-order valence-corrected chi connectivity index (χ2v) is 3.14. The highest BCUT2D eigenvalue weighted by Gasteiger charge is 1.93. The fourth-order valence-electron chi connectivity index (χ4n) is 1.15. The lowest BCUT2D eigenvalue weighted by atomic mass is 10.1. The molecule has 0 bridgehead atoms. The summed E-state index contributed by atoms with van der Waals surface area (Å²) < 4.78 is 0. The first-order valence-corrected chi connectivity index (χ1v) is 4.83. The van der Waals surface area contributed by atoms with E-state index in [-0.39, 0.29) is 5.76 Å². The minimum atomic E-state index is 0.102. The van der Waals surface area contributed by atoms with Crippen molar-refractivity contribution in [3.05, 3.63) is 12.0 Å². The highest BCUT2D eigenvalue weighted by molar-refractivity contribution is 4.82. The molecule has 0 aliphatic rings. The zero-order chi connectivity index (χ0) is 9.23. The lowest BCUT2D eigenvalue weighted by molar-refractivity contribution is 0.338. The van der Waals surface area contributed by atoms with E-state index in [1.807, 2.05) is 0 Å². The van der Waals surface area contributed by atoms with Gasteiger partial charge in [-0.2, -0.15) is 0 Å². The van der Waals surface area contributed by atoms with Gasteiger partial charge in [0.2, 0.25) is 0 Å². The molecule has 0 aliphatic carbocycles. The lowest BCUT2D eigenvalue weighted by Gasteiger charge is -1.99. The van der Waals surface area contributed by atoms with Gasteiger partial charge in [-0.1, -0.05) is 39.0 Å². The van der Waals surface area contributed by atoms with Crippen molar-refractivity contribution >= 4 is 0 Å². The monoisotopic (exact) mass is 172 g/mol. The minimum Gasteiger partial charge on any atom is -0.512 e. The van der Waals surface area contributed by atoms with Gasteiger partial charge in [-0.15, -0.1) is 0 Å². The van der Waals surface area contributed by atoms with E-state index >= 15 is 0 Å². The SMILES string of the molecule is CCCCCCCC/C(O)=C/O. The maximum atomic E-state index is 8.87. The Kier molecular flexibility index (Phi) is 7.97. The zero-order valence-corrected chi connectivity index (χ0v) is 7.92. The van der Waals surface area contributed by atoms with Gasteiger partial charge in [0.05, 0.1) is 0 Å². The lowest BCUT2D eigenvalue weighted by Crippen LogP contribution is -1.83. The molecular formula is C10H20O2. The smallest absolute Gasteiger partial charge is 0.126 e. The highest BCUT2D eigenvalue weighted by atomic mass is 16.3. The topological polar surface area (TPSA) is 40.5 Å².